The molecule has 2 aliphatic rings. The van der Waals surface area contributed by atoms with E-state index >= 15 is 0 Å². The van der Waals surface area contributed by atoms with Crippen LogP contribution in [0.25, 0.3) is 33.0 Å². The van der Waals surface area contributed by atoms with E-state index in [-0.39, 0.29) is 17.3 Å². The summed E-state index contributed by atoms with van der Waals surface area (Å²) in [6, 6.07) is 8.87. The van der Waals surface area contributed by atoms with Gasteiger partial charge in [0.15, 0.2) is 0 Å². The van der Waals surface area contributed by atoms with E-state index in [1.807, 2.05) is 23.2 Å². The zero-order chi connectivity index (χ0) is 25.8. The smallest absolute Gasteiger partial charge is 0.259 e. The Hall–Kier alpha value is -3.82. The van der Waals surface area contributed by atoms with Crippen LogP contribution in [0.3, 0.4) is 0 Å². The number of halogens is 2. The third-order valence-electron chi connectivity index (χ3n) is 7.10. The van der Waals surface area contributed by atoms with Crippen molar-refractivity contribution >= 4 is 44.8 Å². The van der Waals surface area contributed by atoms with E-state index in [0.717, 1.165) is 17.6 Å². The Kier molecular flexibility index (Phi) is 5.69. The average molecular weight is 505 g/mol. The number of imide groups is 1. The first kappa shape index (κ1) is 23.6. The number of hydrogen-bond donors (Lipinski definition) is 1. The van der Waals surface area contributed by atoms with E-state index in [1.165, 1.54) is 24.3 Å². The number of likely N-dealkylation sites (N-methyl/N-ethyl adjacent to an activating group) is 1. The van der Waals surface area contributed by atoms with Gasteiger partial charge in [-0.1, -0.05) is 0 Å². The monoisotopic (exact) mass is 504 g/mol. The number of aryl methyl sites for hydroxylation is 1. The lowest BCUT2D eigenvalue weighted by Gasteiger charge is -2.22. The summed E-state index contributed by atoms with van der Waals surface area (Å²) in [7, 11) is 3.98. The fourth-order valence-corrected chi connectivity index (χ4v) is 5.51. The molecule has 0 unspecified atom stereocenters. The molecule has 4 bridgehead atoms. The second kappa shape index (κ2) is 8.93. The Bertz CT molecular complexity index is 1610. The average Bonchev–Trinajstić information content (AvgIpc) is 3.46. The summed E-state index contributed by atoms with van der Waals surface area (Å²) in [6.07, 6.45) is 4.20. The lowest BCUT2D eigenvalue weighted by atomic mass is 9.95. The number of hydrogen-bond acceptors (Lipinski definition) is 4. The highest BCUT2D eigenvalue weighted by molar-refractivity contribution is 6.50. The Morgan fingerprint density at radius 1 is 0.892 bits per heavy atom. The molecule has 0 aliphatic carbocycles. The molecule has 1 N–H and O–H groups in total. The number of nitrogens with zero attached hydrogens (tertiary/aromatic N) is 3. The minimum absolute atomic E-state index is 0.0656. The van der Waals surface area contributed by atoms with E-state index in [9.17, 15) is 18.4 Å². The molecule has 0 saturated heterocycles. The molecule has 2 amide bonds. The molecule has 37 heavy (non-hydrogen) atoms. The number of benzene rings is 2. The van der Waals surface area contributed by atoms with Gasteiger partial charge in [-0.3, -0.25) is 14.9 Å². The number of amides is 2. The van der Waals surface area contributed by atoms with Gasteiger partial charge in [-0.25, -0.2) is 8.78 Å². The highest BCUT2D eigenvalue weighted by atomic mass is 19.1. The maximum atomic E-state index is 14.4. The van der Waals surface area contributed by atoms with Crippen molar-refractivity contribution < 1.29 is 23.1 Å². The molecule has 6 rings (SSSR count). The zero-order valence-electron chi connectivity index (χ0n) is 20.6. The first-order valence-electron chi connectivity index (χ1n) is 12.2. The molecule has 0 radical (unpaired) electrons. The standard InChI is InChI=1S/C28H26F2N4O3/c1-32(2)13-18-7-8-33-14-21(19-11-16(29)3-5-23(19)33)25-26(28(36)31-27(25)35)22-15-34(9-10-37-18)24-6-4-17(30)12-20(22)24/h3-6,11-12,14-15,18H,7-10,13H2,1-2H3,(H,31,35,36)/t18-/m0/s1. The Balaban J connectivity index is 1.65. The van der Waals surface area contributed by atoms with Crippen molar-refractivity contribution in [2.24, 2.45) is 0 Å². The Labute approximate surface area is 211 Å². The summed E-state index contributed by atoms with van der Waals surface area (Å²) in [6.45, 7) is 2.20. The minimum atomic E-state index is -0.560. The third-order valence-corrected chi connectivity index (χ3v) is 7.10. The van der Waals surface area contributed by atoms with Gasteiger partial charge in [0.2, 0.25) is 0 Å². The molecule has 4 aromatic rings. The van der Waals surface area contributed by atoms with Crippen LogP contribution in [0.1, 0.15) is 17.5 Å². The number of carbonyl (C=O) groups is 2. The molecule has 0 saturated carbocycles. The molecule has 0 spiro atoms. The second-order valence-electron chi connectivity index (χ2n) is 9.87. The fourth-order valence-electron chi connectivity index (χ4n) is 5.51. The summed E-state index contributed by atoms with van der Waals surface area (Å²) in [4.78, 5) is 28.4. The van der Waals surface area contributed by atoms with E-state index in [2.05, 4.69) is 10.2 Å². The summed E-state index contributed by atoms with van der Waals surface area (Å²) < 4.78 is 39.0. The van der Waals surface area contributed by atoms with Gasteiger partial charge in [-0.05, 0) is 56.9 Å². The van der Waals surface area contributed by atoms with Crippen molar-refractivity contribution in [1.29, 1.82) is 0 Å². The summed E-state index contributed by atoms with van der Waals surface area (Å²) in [5.41, 5.74) is 2.72. The highest BCUT2D eigenvalue weighted by Crippen LogP contribution is 2.39. The van der Waals surface area contributed by atoms with Crippen LogP contribution in [0.4, 0.5) is 8.78 Å². The van der Waals surface area contributed by atoms with Gasteiger partial charge >= 0.3 is 0 Å². The third kappa shape index (κ3) is 4.04. The maximum absolute atomic E-state index is 14.4. The van der Waals surface area contributed by atoms with Crippen LogP contribution in [0.15, 0.2) is 48.8 Å². The van der Waals surface area contributed by atoms with Crippen molar-refractivity contribution in [1.82, 2.24) is 19.4 Å². The second-order valence-corrected chi connectivity index (χ2v) is 9.87. The molecule has 2 aliphatic heterocycles. The number of rotatable bonds is 2. The highest BCUT2D eigenvalue weighted by Gasteiger charge is 2.35. The minimum Gasteiger partial charge on any atom is -0.375 e. The number of carbonyl (C=O) groups excluding carboxylic acids is 2. The van der Waals surface area contributed by atoms with Gasteiger partial charge in [0.1, 0.15) is 11.6 Å². The van der Waals surface area contributed by atoms with Crippen molar-refractivity contribution in [2.45, 2.75) is 25.6 Å². The molecular formula is C28H26F2N4O3. The molecule has 2 aromatic heterocycles. The summed E-state index contributed by atoms with van der Waals surface area (Å²) in [5.74, 6) is -2.00. The molecular weight excluding hydrogens is 478 g/mol. The van der Waals surface area contributed by atoms with E-state index in [4.69, 9.17) is 4.74 Å². The van der Waals surface area contributed by atoms with Gasteiger partial charge in [-0.2, -0.15) is 0 Å². The van der Waals surface area contributed by atoms with Crippen molar-refractivity contribution in [2.75, 3.05) is 27.2 Å². The summed E-state index contributed by atoms with van der Waals surface area (Å²) >= 11 is 0. The van der Waals surface area contributed by atoms with Gasteiger partial charge in [0, 0.05) is 65.0 Å². The van der Waals surface area contributed by atoms with E-state index in [1.54, 1.807) is 24.5 Å². The van der Waals surface area contributed by atoms with Crippen molar-refractivity contribution in [3.8, 4) is 0 Å². The lowest BCUT2D eigenvalue weighted by Crippen LogP contribution is -2.30. The van der Waals surface area contributed by atoms with Crippen LogP contribution in [0.5, 0.6) is 0 Å². The molecule has 190 valence electrons. The fraction of sp³-hybridized carbons (Fsp3) is 0.286. The topological polar surface area (TPSA) is 68.5 Å². The van der Waals surface area contributed by atoms with E-state index in [0.29, 0.717) is 48.0 Å². The molecule has 2 aromatic carbocycles. The first-order chi connectivity index (χ1) is 17.8. The number of fused-ring (bicyclic) bond motifs is 12. The van der Waals surface area contributed by atoms with Gasteiger partial charge in [-0.15, -0.1) is 0 Å². The Morgan fingerprint density at radius 3 is 1.97 bits per heavy atom. The van der Waals surface area contributed by atoms with Gasteiger partial charge in [0.25, 0.3) is 11.8 Å². The number of ether oxygens (including phenoxy) is 1. The van der Waals surface area contributed by atoms with Crippen LogP contribution in [0, 0.1) is 11.6 Å². The SMILES string of the molecule is CN(C)C[C@@H]1CCn2cc(c3cc(F)ccc32)C2=C(C(=O)NC2=O)c2cn(c3ccc(F)cc23)CCO1. The summed E-state index contributed by atoms with van der Waals surface area (Å²) in [5, 5.41) is 3.46. The normalized spacial score (nSPS) is 18.6. The molecule has 9 heteroatoms. The van der Waals surface area contributed by atoms with Crippen LogP contribution in [0.2, 0.25) is 0 Å². The molecule has 4 heterocycles. The predicted octanol–water partition coefficient (Wildman–Crippen LogP) is 3.79. The zero-order valence-corrected chi connectivity index (χ0v) is 20.6. The van der Waals surface area contributed by atoms with Crippen LogP contribution in [-0.4, -0.2) is 59.2 Å². The quantitative estimate of drug-likeness (QED) is 0.422. The van der Waals surface area contributed by atoms with E-state index < -0.39 is 23.4 Å². The van der Waals surface area contributed by atoms with Gasteiger partial charge < -0.3 is 18.8 Å². The predicted molar refractivity (Wildman–Crippen MR) is 137 cm³/mol. The van der Waals surface area contributed by atoms with Crippen molar-refractivity contribution in [3.63, 3.8) is 0 Å². The Morgan fingerprint density at radius 2 is 1.43 bits per heavy atom. The van der Waals surface area contributed by atoms with Crippen LogP contribution < -0.4 is 5.32 Å². The van der Waals surface area contributed by atoms with Crippen LogP contribution >= 0.6 is 0 Å². The van der Waals surface area contributed by atoms with Crippen molar-refractivity contribution in [3.05, 3.63) is 71.6 Å². The molecule has 1 atom stereocenters. The molecule has 0 fully saturated rings. The maximum Gasteiger partial charge on any atom is 0.259 e. The first-order valence-corrected chi connectivity index (χ1v) is 12.2. The van der Waals surface area contributed by atoms with Gasteiger partial charge in [0.05, 0.1) is 23.9 Å². The number of aromatic nitrogens is 2. The molecule has 7 nitrogen and oxygen atoms in total. The number of nitrogens with one attached hydrogen (secondary N) is 1. The largest absolute Gasteiger partial charge is 0.375 e. The lowest BCUT2D eigenvalue weighted by molar-refractivity contribution is -0.122. The van der Waals surface area contributed by atoms with Crippen LogP contribution in [-0.2, 0) is 27.4 Å².